The van der Waals surface area contributed by atoms with Crippen molar-refractivity contribution in [1.29, 1.82) is 0 Å². The van der Waals surface area contributed by atoms with E-state index in [0.717, 1.165) is 0 Å². The van der Waals surface area contributed by atoms with Crippen LogP contribution >= 0.6 is 0 Å². The standard InChI is InChI=1S/C18H33NO3Si/c1-13(2)23(14(3)4,15(5)6)22-16-11-10-12-19(16)17(20)21-18(7,8)9/h10-15H,1-9H3. The topological polar surface area (TPSA) is 40.5 Å². The highest BCUT2D eigenvalue weighted by atomic mass is 28.4. The van der Waals surface area contributed by atoms with E-state index < -0.39 is 20.0 Å². The average molecular weight is 340 g/mol. The highest BCUT2D eigenvalue weighted by Crippen LogP contribution is 2.42. The van der Waals surface area contributed by atoms with Gasteiger partial charge in [-0.15, -0.1) is 0 Å². The molecule has 132 valence electrons. The van der Waals surface area contributed by atoms with Crippen LogP contribution in [0.25, 0.3) is 0 Å². The van der Waals surface area contributed by atoms with E-state index in [0.29, 0.717) is 22.5 Å². The minimum atomic E-state index is -2.10. The zero-order valence-electron chi connectivity index (χ0n) is 16.1. The van der Waals surface area contributed by atoms with Gasteiger partial charge in [-0.3, -0.25) is 0 Å². The Morgan fingerprint density at radius 3 is 1.91 bits per heavy atom. The predicted octanol–water partition coefficient (Wildman–Crippen LogP) is 5.83. The van der Waals surface area contributed by atoms with Gasteiger partial charge in [-0.05, 0) is 49.5 Å². The van der Waals surface area contributed by atoms with E-state index in [1.165, 1.54) is 4.57 Å². The second kappa shape index (κ2) is 7.12. The van der Waals surface area contributed by atoms with E-state index in [9.17, 15) is 4.79 Å². The third-order valence-electron chi connectivity index (χ3n) is 4.29. The number of nitrogens with zero attached hydrogens (tertiary/aromatic N) is 1. The molecule has 0 aliphatic heterocycles. The zero-order valence-corrected chi connectivity index (χ0v) is 17.1. The smallest absolute Gasteiger partial charge is 0.421 e. The summed E-state index contributed by atoms with van der Waals surface area (Å²) in [6, 6.07) is 3.69. The van der Waals surface area contributed by atoms with Crippen LogP contribution in [0.15, 0.2) is 18.3 Å². The van der Waals surface area contributed by atoms with Crippen molar-refractivity contribution in [2.75, 3.05) is 0 Å². The lowest BCUT2D eigenvalue weighted by molar-refractivity contribution is 0.0529. The van der Waals surface area contributed by atoms with E-state index in [1.807, 2.05) is 32.9 Å². The Labute approximate surface area is 142 Å². The van der Waals surface area contributed by atoms with Gasteiger partial charge in [0, 0.05) is 6.20 Å². The maximum absolute atomic E-state index is 12.4. The molecule has 1 heterocycles. The summed E-state index contributed by atoms with van der Waals surface area (Å²) in [5.74, 6) is 0.599. The van der Waals surface area contributed by atoms with Crippen molar-refractivity contribution >= 4 is 14.4 Å². The Morgan fingerprint density at radius 2 is 1.52 bits per heavy atom. The van der Waals surface area contributed by atoms with Crippen LogP contribution in [-0.2, 0) is 4.74 Å². The highest BCUT2D eigenvalue weighted by Gasteiger charge is 2.47. The number of carbonyl (C=O) groups excluding carboxylic acids is 1. The molecule has 0 saturated carbocycles. The lowest BCUT2D eigenvalue weighted by atomic mass is 10.2. The Bertz CT molecular complexity index is 505. The van der Waals surface area contributed by atoms with Crippen molar-refractivity contribution in [3.05, 3.63) is 18.3 Å². The summed E-state index contributed by atoms with van der Waals surface area (Å²) in [7, 11) is -2.10. The molecule has 0 amide bonds. The third kappa shape index (κ3) is 4.40. The normalized spacial score (nSPS) is 13.0. The van der Waals surface area contributed by atoms with Gasteiger partial charge in [-0.25, -0.2) is 9.36 Å². The molecule has 1 aromatic heterocycles. The maximum atomic E-state index is 12.4. The van der Waals surface area contributed by atoms with E-state index in [1.54, 1.807) is 6.20 Å². The van der Waals surface area contributed by atoms with Crippen LogP contribution in [0.4, 0.5) is 4.79 Å². The first-order chi connectivity index (χ1) is 10.4. The predicted molar refractivity (Wildman–Crippen MR) is 97.7 cm³/mol. The van der Waals surface area contributed by atoms with E-state index in [2.05, 4.69) is 41.5 Å². The van der Waals surface area contributed by atoms with Crippen LogP contribution in [0.2, 0.25) is 16.6 Å². The van der Waals surface area contributed by atoms with Gasteiger partial charge >= 0.3 is 6.09 Å². The molecule has 0 saturated heterocycles. The molecule has 1 rings (SSSR count). The molecule has 0 unspecified atom stereocenters. The van der Waals surface area contributed by atoms with Crippen molar-refractivity contribution in [2.45, 2.75) is 84.5 Å². The van der Waals surface area contributed by atoms with Crippen molar-refractivity contribution in [2.24, 2.45) is 0 Å². The number of rotatable bonds is 5. The minimum Gasteiger partial charge on any atom is -0.531 e. The molecule has 1 aromatic rings. The number of aromatic nitrogens is 1. The summed E-state index contributed by atoms with van der Waals surface area (Å²) in [6.07, 6.45) is 1.32. The number of ether oxygens (including phenoxy) is 1. The molecule has 0 aliphatic rings. The van der Waals surface area contributed by atoms with Crippen LogP contribution in [0, 0.1) is 0 Å². The lowest BCUT2D eigenvalue weighted by Crippen LogP contribution is -2.51. The molecule has 4 nitrogen and oxygen atoms in total. The van der Waals surface area contributed by atoms with Crippen LogP contribution in [0.5, 0.6) is 5.88 Å². The summed E-state index contributed by atoms with van der Waals surface area (Å²) >= 11 is 0. The zero-order chi connectivity index (χ0) is 18.0. The van der Waals surface area contributed by atoms with Gasteiger partial charge in [-0.2, -0.15) is 0 Å². The first-order valence-corrected chi connectivity index (χ1v) is 10.7. The van der Waals surface area contributed by atoms with Crippen LogP contribution in [-0.4, -0.2) is 24.6 Å². The molecule has 0 radical (unpaired) electrons. The highest BCUT2D eigenvalue weighted by molar-refractivity contribution is 6.78. The van der Waals surface area contributed by atoms with E-state index in [4.69, 9.17) is 9.16 Å². The Kier molecular flexibility index (Phi) is 6.13. The Hall–Kier alpha value is -1.23. The number of hydrogen-bond donors (Lipinski definition) is 0. The molecule has 0 fully saturated rings. The van der Waals surface area contributed by atoms with Crippen molar-refractivity contribution < 1.29 is 14.0 Å². The first kappa shape index (κ1) is 19.8. The summed E-state index contributed by atoms with van der Waals surface area (Å²) in [5.41, 5.74) is 0.819. The fourth-order valence-electron chi connectivity index (χ4n) is 3.44. The molecule has 0 aliphatic carbocycles. The summed E-state index contributed by atoms with van der Waals surface area (Å²) < 4.78 is 13.6. The van der Waals surface area contributed by atoms with Gasteiger partial charge in [-0.1, -0.05) is 41.5 Å². The third-order valence-corrected chi connectivity index (χ3v) is 10.3. The maximum Gasteiger partial charge on any atom is 0.421 e. The summed E-state index contributed by atoms with van der Waals surface area (Å²) in [6.45, 7) is 19.0. The molecule has 0 aromatic carbocycles. The lowest BCUT2D eigenvalue weighted by Gasteiger charge is -2.42. The SMILES string of the molecule is CC(C)[Si](Oc1cccn1C(=O)OC(C)(C)C)(C(C)C)C(C)C. The van der Waals surface area contributed by atoms with Gasteiger partial charge in [0.15, 0.2) is 5.88 Å². The Balaban J connectivity index is 3.18. The molecule has 23 heavy (non-hydrogen) atoms. The van der Waals surface area contributed by atoms with Gasteiger partial charge in [0.1, 0.15) is 5.60 Å². The minimum absolute atomic E-state index is 0.392. The van der Waals surface area contributed by atoms with Gasteiger partial charge in [0.25, 0.3) is 8.32 Å². The second-order valence-corrected chi connectivity index (χ2v) is 13.5. The number of carbonyl (C=O) groups is 1. The number of hydrogen-bond acceptors (Lipinski definition) is 3. The molecule has 5 heteroatoms. The fourth-order valence-corrected chi connectivity index (χ4v) is 8.68. The van der Waals surface area contributed by atoms with Crippen LogP contribution in [0.1, 0.15) is 62.3 Å². The quantitative estimate of drug-likeness (QED) is 0.634. The molecule has 0 atom stereocenters. The second-order valence-electron chi connectivity index (χ2n) is 8.12. The first-order valence-electron chi connectivity index (χ1n) is 8.51. The van der Waals surface area contributed by atoms with E-state index in [-0.39, 0.29) is 0 Å². The van der Waals surface area contributed by atoms with Crippen molar-refractivity contribution in [1.82, 2.24) is 4.57 Å². The van der Waals surface area contributed by atoms with Crippen LogP contribution in [0.3, 0.4) is 0 Å². The van der Waals surface area contributed by atoms with Gasteiger partial charge in [0.05, 0.1) is 0 Å². The fraction of sp³-hybridized carbons (Fsp3) is 0.722. The Morgan fingerprint density at radius 1 is 1.04 bits per heavy atom. The van der Waals surface area contributed by atoms with Crippen LogP contribution < -0.4 is 4.43 Å². The van der Waals surface area contributed by atoms with Gasteiger partial charge < -0.3 is 9.16 Å². The molecule has 0 N–H and O–H groups in total. The summed E-state index contributed by atoms with van der Waals surface area (Å²) in [4.78, 5) is 12.4. The molecule has 0 spiro atoms. The average Bonchev–Trinajstić information content (AvgIpc) is 2.80. The monoisotopic (exact) mass is 339 g/mol. The van der Waals surface area contributed by atoms with Crippen molar-refractivity contribution in [3.63, 3.8) is 0 Å². The molecular weight excluding hydrogens is 306 g/mol. The molecular formula is C18H33NO3Si. The van der Waals surface area contributed by atoms with Crippen molar-refractivity contribution in [3.8, 4) is 5.88 Å². The largest absolute Gasteiger partial charge is 0.531 e. The van der Waals surface area contributed by atoms with Gasteiger partial charge in [0.2, 0.25) is 0 Å². The summed E-state index contributed by atoms with van der Waals surface area (Å²) in [5, 5.41) is 0. The van der Waals surface area contributed by atoms with E-state index >= 15 is 0 Å². The molecule has 0 bridgehead atoms.